The molecule has 1 saturated heterocycles. The van der Waals surface area contributed by atoms with Gasteiger partial charge in [-0.3, -0.25) is 9.78 Å². The highest BCUT2D eigenvalue weighted by molar-refractivity contribution is 6.00. The Morgan fingerprint density at radius 3 is 2.74 bits per heavy atom. The van der Waals surface area contributed by atoms with E-state index in [0.717, 1.165) is 0 Å². The van der Waals surface area contributed by atoms with E-state index in [0.29, 0.717) is 48.5 Å². The zero-order chi connectivity index (χ0) is 23.7. The molecule has 1 amide bonds. The molecular weight excluding hydrogens is 444 g/mol. The third-order valence-corrected chi connectivity index (χ3v) is 5.67. The highest BCUT2D eigenvalue weighted by Gasteiger charge is 2.25. The first kappa shape index (κ1) is 21.8. The summed E-state index contributed by atoms with van der Waals surface area (Å²) in [5, 5.41) is 17.3. The molecule has 1 aliphatic heterocycles. The number of anilines is 2. The third kappa shape index (κ3) is 4.29. The van der Waals surface area contributed by atoms with Gasteiger partial charge in [-0.05, 0) is 43.2 Å². The van der Waals surface area contributed by atoms with Crippen molar-refractivity contribution in [1.29, 1.82) is 0 Å². The van der Waals surface area contributed by atoms with Gasteiger partial charge in [-0.25, -0.2) is 23.3 Å². The maximum atomic E-state index is 13.2. The van der Waals surface area contributed by atoms with Crippen LogP contribution in [0, 0.1) is 0 Å². The van der Waals surface area contributed by atoms with E-state index in [1.54, 1.807) is 46.1 Å². The molecule has 34 heavy (non-hydrogen) atoms. The summed E-state index contributed by atoms with van der Waals surface area (Å²) in [6.07, 6.45) is 2.70. The van der Waals surface area contributed by atoms with Crippen molar-refractivity contribution >= 4 is 22.9 Å². The van der Waals surface area contributed by atoms with Crippen LogP contribution in [0.2, 0.25) is 0 Å². The number of alkyl halides is 2. The Bertz CT molecular complexity index is 1340. The minimum Gasteiger partial charge on any atom is -0.393 e. The minimum absolute atomic E-state index is 0.153. The van der Waals surface area contributed by atoms with Crippen molar-refractivity contribution in [3.8, 4) is 11.5 Å². The van der Waals surface area contributed by atoms with E-state index in [4.69, 9.17) is 0 Å². The molecule has 174 valence electrons. The van der Waals surface area contributed by atoms with Crippen molar-refractivity contribution in [2.45, 2.75) is 25.4 Å². The van der Waals surface area contributed by atoms with Crippen LogP contribution in [-0.4, -0.2) is 59.7 Å². The number of piperidine rings is 1. The molecule has 5 heterocycles. The topological polar surface area (TPSA) is 109 Å². The van der Waals surface area contributed by atoms with E-state index >= 15 is 0 Å². The van der Waals surface area contributed by atoms with Crippen LogP contribution >= 0.6 is 0 Å². The first-order valence-corrected chi connectivity index (χ1v) is 10.8. The Hall–Kier alpha value is -3.99. The van der Waals surface area contributed by atoms with Gasteiger partial charge in [-0.1, -0.05) is 6.07 Å². The minimum atomic E-state index is -2.71. The van der Waals surface area contributed by atoms with Crippen LogP contribution in [-0.2, 0) is 0 Å². The standard InChI is InChI=1S/C23H21F2N7O2/c24-20(25)17-3-1-4-18(27-17)21-29-22(19-5-2-10-32(19)30-21)28-16-6-9-26-13-15(16)23(34)31-11-7-14(33)8-12-31/h1-6,9-10,13-14,20,33H,7-8,11-12H2,(H,26,28,29,30). The van der Waals surface area contributed by atoms with Gasteiger partial charge in [0.1, 0.15) is 16.9 Å². The SMILES string of the molecule is O=C(c1cnccc1Nc1nc(-c2cccc(C(F)F)n2)nn2cccc12)N1CCC(O)CC1. The average molecular weight is 465 g/mol. The van der Waals surface area contributed by atoms with Gasteiger partial charge < -0.3 is 15.3 Å². The monoisotopic (exact) mass is 465 g/mol. The van der Waals surface area contributed by atoms with Crippen LogP contribution in [0.4, 0.5) is 20.3 Å². The lowest BCUT2D eigenvalue weighted by Crippen LogP contribution is -2.40. The van der Waals surface area contributed by atoms with Crippen LogP contribution in [0.15, 0.2) is 55.0 Å². The molecule has 1 aliphatic rings. The normalized spacial score (nSPS) is 14.6. The molecule has 0 atom stereocenters. The van der Waals surface area contributed by atoms with Crippen LogP contribution in [0.5, 0.6) is 0 Å². The number of amides is 1. The van der Waals surface area contributed by atoms with Crippen molar-refractivity contribution in [3.63, 3.8) is 0 Å². The molecule has 0 saturated carbocycles. The first-order chi connectivity index (χ1) is 16.5. The summed E-state index contributed by atoms with van der Waals surface area (Å²) in [6, 6.07) is 9.53. The Kier molecular flexibility index (Phi) is 5.84. The summed E-state index contributed by atoms with van der Waals surface area (Å²) in [6.45, 7) is 0.919. The van der Waals surface area contributed by atoms with E-state index in [1.165, 1.54) is 18.3 Å². The molecule has 0 spiro atoms. The predicted octanol–water partition coefficient (Wildman–Crippen LogP) is 3.46. The predicted molar refractivity (Wildman–Crippen MR) is 120 cm³/mol. The Morgan fingerprint density at radius 1 is 1.12 bits per heavy atom. The number of nitrogens with one attached hydrogen (secondary N) is 1. The van der Waals surface area contributed by atoms with Gasteiger partial charge >= 0.3 is 0 Å². The number of likely N-dealkylation sites (tertiary alicyclic amines) is 1. The number of nitrogens with zero attached hydrogens (tertiary/aromatic N) is 6. The molecule has 9 nitrogen and oxygen atoms in total. The Labute approximate surface area is 193 Å². The summed E-state index contributed by atoms with van der Waals surface area (Å²) in [5.41, 5.74) is 1.33. The molecule has 1 fully saturated rings. The van der Waals surface area contributed by atoms with Crippen molar-refractivity contribution < 1.29 is 18.7 Å². The van der Waals surface area contributed by atoms with Crippen molar-refractivity contribution in [1.82, 2.24) is 29.5 Å². The zero-order valence-corrected chi connectivity index (χ0v) is 18.0. The lowest BCUT2D eigenvalue weighted by atomic mass is 10.1. The number of rotatable bonds is 5. The molecule has 5 rings (SSSR count). The molecular formula is C23H21F2N7O2. The number of halogens is 2. The number of aliphatic hydroxyl groups is 1. The molecule has 0 bridgehead atoms. The largest absolute Gasteiger partial charge is 0.393 e. The molecule has 4 aromatic heterocycles. The molecule has 0 aromatic carbocycles. The average Bonchev–Trinajstić information content (AvgIpc) is 3.34. The van der Waals surface area contributed by atoms with Crippen LogP contribution < -0.4 is 5.32 Å². The maximum absolute atomic E-state index is 13.2. The second-order valence-electron chi connectivity index (χ2n) is 7.94. The van der Waals surface area contributed by atoms with Gasteiger partial charge in [0.15, 0.2) is 5.82 Å². The van der Waals surface area contributed by atoms with Gasteiger partial charge in [-0.15, -0.1) is 5.10 Å². The number of pyridine rings is 2. The van der Waals surface area contributed by atoms with Crippen LogP contribution in [0.1, 0.15) is 35.3 Å². The van der Waals surface area contributed by atoms with Crippen molar-refractivity contribution in [2.24, 2.45) is 0 Å². The molecule has 4 aromatic rings. The van der Waals surface area contributed by atoms with Gasteiger partial charge in [0.05, 0.1) is 17.4 Å². The van der Waals surface area contributed by atoms with E-state index in [-0.39, 0.29) is 23.1 Å². The number of carbonyl (C=O) groups is 1. The van der Waals surface area contributed by atoms with Gasteiger partial charge in [0.25, 0.3) is 12.3 Å². The first-order valence-electron chi connectivity index (χ1n) is 10.8. The number of aromatic nitrogens is 5. The summed E-state index contributed by atoms with van der Waals surface area (Å²) in [7, 11) is 0. The maximum Gasteiger partial charge on any atom is 0.280 e. The number of carbonyl (C=O) groups excluding carboxylic acids is 1. The van der Waals surface area contributed by atoms with E-state index in [9.17, 15) is 18.7 Å². The van der Waals surface area contributed by atoms with Gasteiger partial charge in [0, 0.05) is 31.7 Å². The van der Waals surface area contributed by atoms with Gasteiger partial charge in [-0.2, -0.15) is 0 Å². The molecule has 11 heteroatoms. The third-order valence-electron chi connectivity index (χ3n) is 5.67. The van der Waals surface area contributed by atoms with Crippen molar-refractivity contribution in [3.05, 3.63) is 66.2 Å². The Balaban J connectivity index is 1.51. The van der Waals surface area contributed by atoms with Crippen LogP contribution in [0.3, 0.4) is 0 Å². The van der Waals surface area contributed by atoms with E-state index < -0.39 is 12.5 Å². The van der Waals surface area contributed by atoms with E-state index in [1.807, 2.05) is 0 Å². The van der Waals surface area contributed by atoms with Gasteiger partial charge in [0.2, 0.25) is 5.82 Å². The fourth-order valence-corrected chi connectivity index (χ4v) is 3.87. The summed E-state index contributed by atoms with van der Waals surface area (Å²) < 4.78 is 27.9. The fraction of sp³-hybridized carbons (Fsp3) is 0.261. The van der Waals surface area contributed by atoms with E-state index in [2.05, 4.69) is 25.4 Å². The molecule has 0 radical (unpaired) electrons. The molecule has 0 aliphatic carbocycles. The lowest BCUT2D eigenvalue weighted by molar-refractivity contribution is 0.0547. The zero-order valence-electron chi connectivity index (χ0n) is 18.0. The Morgan fingerprint density at radius 2 is 1.94 bits per heavy atom. The summed E-state index contributed by atoms with van der Waals surface area (Å²) >= 11 is 0. The molecule has 2 N–H and O–H groups in total. The highest BCUT2D eigenvalue weighted by atomic mass is 19.3. The second-order valence-corrected chi connectivity index (χ2v) is 7.94. The number of hydrogen-bond acceptors (Lipinski definition) is 7. The quantitative estimate of drug-likeness (QED) is 0.465. The number of hydrogen-bond donors (Lipinski definition) is 2. The van der Waals surface area contributed by atoms with Crippen LogP contribution in [0.25, 0.3) is 17.0 Å². The summed E-state index contributed by atoms with van der Waals surface area (Å²) in [4.78, 5) is 27.5. The molecule has 0 unspecified atom stereocenters. The smallest absolute Gasteiger partial charge is 0.280 e. The summed E-state index contributed by atoms with van der Waals surface area (Å²) in [5.74, 6) is 0.337. The second kappa shape index (κ2) is 9.10. The number of aliphatic hydroxyl groups excluding tert-OH is 1. The number of fused-ring (bicyclic) bond motifs is 1. The van der Waals surface area contributed by atoms with Crippen molar-refractivity contribution in [2.75, 3.05) is 18.4 Å². The lowest BCUT2D eigenvalue weighted by Gasteiger charge is -2.30. The highest BCUT2D eigenvalue weighted by Crippen LogP contribution is 2.27. The fourth-order valence-electron chi connectivity index (χ4n) is 3.87.